The van der Waals surface area contributed by atoms with Gasteiger partial charge < -0.3 is 10.2 Å². The van der Waals surface area contributed by atoms with Gasteiger partial charge in [0.15, 0.2) is 5.96 Å². The lowest BCUT2D eigenvalue weighted by Crippen LogP contribution is -2.32. The average Bonchev–Trinajstić information content (AvgIpc) is 2.59. The molecule has 0 heterocycles. The normalized spacial score (nSPS) is 11.9. The highest BCUT2D eigenvalue weighted by atomic mass is 35.5. The van der Waals surface area contributed by atoms with Gasteiger partial charge in [0.25, 0.3) is 0 Å². The van der Waals surface area contributed by atoms with Gasteiger partial charge in [-0.1, -0.05) is 60.8 Å². The second-order valence-electron chi connectivity index (χ2n) is 5.66. The van der Waals surface area contributed by atoms with Gasteiger partial charge in [-0.25, -0.2) is 0 Å². The summed E-state index contributed by atoms with van der Waals surface area (Å²) < 4.78 is 0. The number of anilines is 2. The van der Waals surface area contributed by atoms with Crippen LogP contribution in [0.1, 0.15) is 31.7 Å². The number of rotatable bonds is 4. The Morgan fingerprint density at radius 3 is 2.29 bits per heavy atom. The Balaban J connectivity index is 2.13. The third-order valence-corrected chi connectivity index (χ3v) is 5.35. The van der Waals surface area contributed by atoms with Crippen LogP contribution in [0.5, 0.6) is 0 Å². The van der Waals surface area contributed by atoms with E-state index in [9.17, 15) is 0 Å². The van der Waals surface area contributed by atoms with Crippen molar-refractivity contribution in [3.05, 3.63) is 57.0 Å². The molecule has 0 aliphatic rings. The van der Waals surface area contributed by atoms with Crippen molar-refractivity contribution in [2.75, 3.05) is 17.3 Å². The fraction of sp³-hybridized carbons (Fsp3) is 0.278. The van der Waals surface area contributed by atoms with Crippen molar-refractivity contribution in [1.82, 2.24) is 0 Å². The predicted molar refractivity (Wildman–Crippen MR) is 106 cm³/mol. The monoisotopic (exact) mass is 383 g/mol. The van der Waals surface area contributed by atoms with Gasteiger partial charge in [-0.3, -0.25) is 5.41 Å². The van der Waals surface area contributed by atoms with Crippen molar-refractivity contribution in [3.8, 4) is 0 Å². The largest absolute Gasteiger partial charge is 0.326 e. The highest BCUT2D eigenvalue weighted by Gasteiger charge is 2.15. The summed E-state index contributed by atoms with van der Waals surface area (Å²) in [4.78, 5) is 1.62. The van der Waals surface area contributed by atoms with Crippen molar-refractivity contribution < 1.29 is 0 Å². The molecule has 0 spiro atoms. The minimum absolute atomic E-state index is 0.187. The molecule has 0 bridgehead atoms. The zero-order valence-corrected chi connectivity index (χ0v) is 16.1. The topological polar surface area (TPSA) is 39.1 Å². The Bertz CT molecular complexity index is 729. The highest BCUT2D eigenvalue weighted by molar-refractivity contribution is 6.49. The molecule has 0 radical (unpaired) electrons. The molecule has 2 N–H and O–H groups in total. The summed E-state index contributed by atoms with van der Waals surface area (Å²) >= 11 is 18.2. The van der Waals surface area contributed by atoms with E-state index >= 15 is 0 Å². The Morgan fingerprint density at radius 2 is 1.71 bits per heavy atom. The first-order valence-electron chi connectivity index (χ1n) is 7.67. The Hall–Kier alpha value is -1.42. The first-order chi connectivity index (χ1) is 11.3. The summed E-state index contributed by atoms with van der Waals surface area (Å²) in [6.45, 7) is 4.37. The van der Waals surface area contributed by atoms with Gasteiger partial charge in [-0.15, -0.1) is 0 Å². The summed E-state index contributed by atoms with van der Waals surface area (Å²) in [5.74, 6) is 0.711. The van der Waals surface area contributed by atoms with E-state index in [4.69, 9.17) is 40.2 Å². The number of benzene rings is 2. The molecule has 0 aliphatic carbocycles. The minimum atomic E-state index is 0.187. The van der Waals surface area contributed by atoms with Gasteiger partial charge in [0, 0.05) is 12.7 Å². The van der Waals surface area contributed by atoms with E-state index < -0.39 is 0 Å². The number of halogens is 3. The Kier molecular flexibility index (Phi) is 6.39. The Labute approximate surface area is 158 Å². The molecule has 3 nitrogen and oxygen atoms in total. The third-order valence-electron chi connectivity index (χ3n) is 4.07. The van der Waals surface area contributed by atoms with Crippen LogP contribution in [0, 0.1) is 5.41 Å². The van der Waals surface area contributed by atoms with E-state index in [-0.39, 0.29) is 11.0 Å². The predicted octanol–water partition coefficient (Wildman–Crippen LogP) is 6.64. The van der Waals surface area contributed by atoms with Crippen molar-refractivity contribution in [2.24, 2.45) is 0 Å². The lowest BCUT2D eigenvalue weighted by Gasteiger charge is -2.23. The number of nitrogens with one attached hydrogen (secondary N) is 2. The van der Waals surface area contributed by atoms with Crippen molar-refractivity contribution in [2.45, 2.75) is 26.2 Å². The Morgan fingerprint density at radius 1 is 1.08 bits per heavy atom. The summed E-state index contributed by atoms with van der Waals surface area (Å²) in [6, 6.07) is 11.5. The number of guanidine groups is 1. The van der Waals surface area contributed by atoms with Crippen LogP contribution < -0.4 is 10.2 Å². The number of hydrogen-bond acceptors (Lipinski definition) is 1. The summed E-state index contributed by atoms with van der Waals surface area (Å²) in [5.41, 5.74) is 2.74. The van der Waals surface area contributed by atoms with E-state index in [1.54, 1.807) is 24.1 Å². The quantitative estimate of drug-likeness (QED) is 0.352. The summed E-state index contributed by atoms with van der Waals surface area (Å²) in [7, 11) is 1.74. The van der Waals surface area contributed by atoms with Gasteiger partial charge >= 0.3 is 0 Å². The molecule has 1 atom stereocenters. The van der Waals surface area contributed by atoms with Crippen molar-refractivity contribution >= 4 is 52.1 Å². The smallest absolute Gasteiger partial charge is 0.199 e. The molecule has 0 amide bonds. The molecular formula is C18H20Cl3N3. The molecule has 1 unspecified atom stereocenters. The maximum atomic E-state index is 8.24. The van der Waals surface area contributed by atoms with E-state index in [1.807, 2.05) is 12.1 Å². The van der Waals surface area contributed by atoms with Crippen LogP contribution in [0.25, 0.3) is 0 Å². The second-order valence-corrected chi connectivity index (χ2v) is 6.82. The molecule has 0 aliphatic heterocycles. The molecule has 0 fully saturated rings. The van der Waals surface area contributed by atoms with Gasteiger partial charge in [-0.2, -0.15) is 0 Å². The maximum Gasteiger partial charge on any atom is 0.199 e. The van der Waals surface area contributed by atoms with E-state index in [2.05, 4.69) is 31.3 Å². The molecule has 128 valence electrons. The third kappa shape index (κ3) is 4.15. The number of nitrogens with zero attached hydrogens (tertiary/aromatic N) is 1. The zero-order chi connectivity index (χ0) is 17.9. The molecular weight excluding hydrogens is 365 g/mol. The lowest BCUT2D eigenvalue weighted by atomic mass is 9.99. The molecule has 2 aromatic rings. The first kappa shape index (κ1) is 18.9. The highest BCUT2D eigenvalue weighted by Crippen LogP contribution is 2.37. The van der Waals surface area contributed by atoms with Crippen LogP contribution in [0.15, 0.2) is 36.4 Å². The van der Waals surface area contributed by atoms with Crippen molar-refractivity contribution in [1.29, 1.82) is 5.41 Å². The van der Waals surface area contributed by atoms with Crippen molar-refractivity contribution in [3.63, 3.8) is 0 Å². The molecule has 2 rings (SSSR count). The maximum absolute atomic E-state index is 8.24. The van der Waals surface area contributed by atoms with Gasteiger partial charge in [0.2, 0.25) is 0 Å². The van der Waals surface area contributed by atoms with Gasteiger partial charge in [0.1, 0.15) is 0 Å². The van der Waals surface area contributed by atoms with Crippen LogP contribution in [0.2, 0.25) is 15.1 Å². The van der Waals surface area contributed by atoms with Crippen LogP contribution >= 0.6 is 34.8 Å². The van der Waals surface area contributed by atoms with E-state index in [0.29, 0.717) is 21.7 Å². The summed E-state index contributed by atoms with van der Waals surface area (Å²) in [5, 5.41) is 12.3. The van der Waals surface area contributed by atoms with Gasteiger partial charge in [0.05, 0.1) is 20.8 Å². The molecule has 24 heavy (non-hydrogen) atoms. The molecule has 6 heteroatoms. The first-order valence-corrected chi connectivity index (χ1v) is 8.81. The lowest BCUT2D eigenvalue weighted by molar-refractivity contribution is 0.734. The molecule has 0 saturated carbocycles. The van der Waals surface area contributed by atoms with Crippen LogP contribution in [0.4, 0.5) is 11.4 Å². The standard InChI is InChI=1S/C18H20Cl3N3/c1-4-11(2)12-5-7-13(8-6-12)23-18(22)24(3)15-10-9-14(19)16(20)17(15)21/h5-11H,4H2,1-3H3,(H2,22,23). The van der Waals surface area contributed by atoms with Crippen LogP contribution in [0.3, 0.4) is 0 Å². The zero-order valence-electron chi connectivity index (χ0n) is 13.8. The summed E-state index contributed by atoms with van der Waals surface area (Å²) in [6.07, 6.45) is 1.10. The second kappa shape index (κ2) is 8.11. The van der Waals surface area contributed by atoms with Crippen LogP contribution in [-0.4, -0.2) is 13.0 Å². The fourth-order valence-corrected chi connectivity index (χ4v) is 2.90. The SMILES string of the molecule is CCC(C)c1ccc(NC(=N)N(C)c2ccc(Cl)c(Cl)c2Cl)cc1. The van der Waals surface area contributed by atoms with Gasteiger partial charge in [-0.05, 0) is 42.2 Å². The number of hydrogen-bond donors (Lipinski definition) is 2. The van der Waals surface area contributed by atoms with E-state index in [1.165, 1.54) is 5.56 Å². The van der Waals surface area contributed by atoms with E-state index in [0.717, 1.165) is 12.1 Å². The fourth-order valence-electron chi connectivity index (χ4n) is 2.25. The minimum Gasteiger partial charge on any atom is -0.326 e. The molecule has 0 saturated heterocycles. The van der Waals surface area contributed by atoms with Crippen LogP contribution in [-0.2, 0) is 0 Å². The molecule has 0 aromatic heterocycles. The molecule has 2 aromatic carbocycles. The average molecular weight is 385 g/mol.